The number of hydrogen-bond acceptors (Lipinski definition) is 7. The molecule has 0 saturated carbocycles. The molecule has 0 N–H and O–H groups in total. The van der Waals surface area contributed by atoms with Crippen LogP contribution in [0.2, 0.25) is 0 Å². The number of amides is 3. The maximum Gasteiger partial charge on any atom is 0.439 e. The number of esters is 1. The molecule has 9 nitrogen and oxygen atoms in total. The van der Waals surface area contributed by atoms with Gasteiger partial charge in [0.25, 0.3) is 11.8 Å². The summed E-state index contributed by atoms with van der Waals surface area (Å²) in [6, 6.07) is 10.2. The first kappa shape index (κ1) is 37.3. The molecule has 0 bridgehead atoms. The van der Waals surface area contributed by atoms with E-state index in [4.69, 9.17) is 14.2 Å². The molecule has 45 heavy (non-hydrogen) atoms. The van der Waals surface area contributed by atoms with Crippen LogP contribution in [0.3, 0.4) is 0 Å². The van der Waals surface area contributed by atoms with Crippen LogP contribution in [-0.2, 0) is 14.3 Å². The molecule has 0 saturated heterocycles. The molecule has 0 aliphatic carbocycles. The maximum absolute atomic E-state index is 14.1. The molecule has 2 rings (SSSR count). The van der Waals surface area contributed by atoms with Gasteiger partial charge in [-0.2, -0.15) is 0 Å². The van der Waals surface area contributed by atoms with Gasteiger partial charge in [-0.05, 0) is 72.2 Å². The molecule has 248 valence electrons. The highest BCUT2D eigenvalue weighted by atomic mass is 16.7. The zero-order valence-electron chi connectivity index (χ0n) is 28.5. The molecule has 2 aromatic carbocycles. The van der Waals surface area contributed by atoms with Crippen molar-refractivity contribution in [2.75, 3.05) is 13.9 Å². The molecule has 0 aromatic heterocycles. The molecular weight excluding hydrogens is 572 g/mol. The summed E-state index contributed by atoms with van der Waals surface area (Å²) in [5, 5.41) is 1.78. The van der Waals surface area contributed by atoms with Gasteiger partial charge in [-0.15, -0.1) is 5.01 Å². The molecule has 0 spiro atoms. The lowest BCUT2D eigenvalue weighted by Crippen LogP contribution is -2.60. The fourth-order valence-electron chi connectivity index (χ4n) is 5.21. The number of nitrogens with zero attached hydrogens (tertiary/aromatic N) is 2. The molecule has 9 heteroatoms. The zero-order chi connectivity index (χ0) is 33.6. The number of methoxy groups -OCH3 is 1. The fraction of sp³-hybridized carbons (Fsp3) is 0.556. The van der Waals surface area contributed by atoms with E-state index in [-0.39, 0.29) is 12.0 Å². The van der Waals surface area contributed by atoms with Crippen molar-refractivity contribution in [2.24, 2.45) is 0 Å². The Hall–Kier alpha value is -3.88. The Balaban J connectivity index is 2.21. The number of rotatable bonds is 15. The number of hydrogen-bond donors (Lipinski definition) is 0. The first-order chi connectivity index (χ1) is 21.3. The Morgan fingerprint density at radius 2 is 1.33 bits per heavy atom. The predicted molar refractivity (Wildman–Crippen MR) is 175 cm³/mol. The molecule has 0 aliphatic heterocycles. The van der Waals surface area contributed by atoms with Crippen LogP contribution < -0.4 is 4.74 Å². The van der Waals surface area contributed by atoms with E-state index in [2.05, 4.69) is 6.92 Å². The third kappa shape index (κ3) is 11.5. The topological polar surface area (TPSA) is 102 Å². The molecule has 3 amide bonds. The zero-order valence-corrected chi connectivity index (χ0v) is 28.5. The Morgan fingerprint density at radius 3 is 1.89 bits per heavy atom. The fourth-order valence-corrected chi connectivity index (χ4v) is 5.21. The van der Waals surface area contributed by atoms with Crippen LogP contribution in [0, 0.1) is 20.8 Å². The summed E-state index contributed by atoms with van der Waals surface area (Å²) in [5.41, 5.74) is 1.62. The lowest BCUT2D eigenvalue weighted by atomic mass is 10.0. The average Bonchev–Trinajstić information content (AvgIpc) is 2.97. The molecule has 2 aromatic rings. The molecule has 0 heterocycles. The van der Waals surface area contributed by atoms with Crippen molar-refractivity contribution >= 4 is 23.9 Å². The van der Waals surface area contributed by atoms with E-state index in [9.17, 15) is 19.2 Å². The normalized spacial score (nSPS) is 11.1. The first-order valence-corrected chi connectivity index (χ1v) is 16.0. The van der Waals surface area contributed by atoms with Gasteiger partial charge in [0.05, 0.1) is 12.6 Å². The van der Waals surface area contributed by atoms with Gasteiger partial charge >= 0.3 is 12.1 Å². The quantitative estimate of drug-likeness (QED) is 0.0847. The number of hydrazine groups is 1. The Morgan fingerprint density at radius 1 is 0.756 bits per heavy atom. The van der Waals surface area contributed by atoms with Crippen LogP contribution in [0.1, 0.15) is 129 Å². The molecule has 0 aliphatic rings. The minimum Gasteiger partial charge on any atom is -0.496 e. The number of aryl methyl sites for hydroxylation is 2. The smallest absolute Gasteiger partial charge is 0.439 e. The second kappa shape index (κ2) is 18.2. The van der Waals surface area contributed by atoms with Crippen molar-refractivity contribution in [3.05, 3.63) is 64.2 Å². The number of carbonyl (C=O) groups excluding carboxylic acids is 4. The van der Waals surface area contributed by atoms with E-state index in [1.165, 1.54) is 39.2 Å². The molecule has 0 unspecified atom stereocenters. The minimum atomic E-state index is -1.15. The van der Waals surface area contributed by atoms with Crippen LogP contribution in [0.4, 0.5) is 4.79 Å². The molecule has 0 fully saturated rings. The van der Waals surface area contributed by atoms with E-state index in [0.29, 0.717) is 28.3 Å². The van der Waals surface area contributed by atoms with Gasteiger partial charge in [0, 0.05) is 23.1 Å². The second-order valence-electron chi connectivity index (χ2n) is 12.5. The summed E-state index contributed by atoms with van der Waals surface area (Å²) >= 11 is 0. The van der Waals surface area contributed by atoms with Crippen LogP contribution in [0.15, 0.2) is 36.4 Å². The van der Waals surface area contributed by atoms with Crippen molar-refractivity contribution in [3.8, 4) is 5.75 Å². The highest BCUT2D eigenvalue weighted by Crippen LogP contribution is 2.27. The van der Waals surface area contributed by atoms with E-state index < -0.39 is 36.2 Å². The Labute approximate surface area is 269 Å². The Bertz CT molecular complexity index is 1280. The van der Waals surface area contributed by atoms with E-state index in [1.807, 2.05) is 19.9 Å². The van der Waals surface area contributed by atoms with Crippen molar-refractivity contribution in [1.29, 1.82) is 0 Å². The summed E-state index contributed by atoms with van der Waals surface area (Å²) in [4.78, 5) is 54.1. The molecule has 0 radical (unpaired) electrons. The third-order valence-electron chi connectivity index (χ3n) is 7.48. The van der Waals surface area contributed by atoms with Crippen LogP contribution in [0.5, 0.6) is 5.75 Å². The van der Waals surface area contributed by atoms with Gasteiger partial charge < -0.3 is 14.2 Å². The van der Waals surface area contributed by atoms with Gasteiger partial charge in [0.2, 0.25) is 6.79 Å². The highest BCUT2D eigenvalue weighted by molar-refractivity contribution is 6.07. The summed E-state index contributed by atoms with van der Waals surface area (Å²) in [5.74, 6) is -1.40. The van der Waals surface area contributed by atoms with E-state index >= 15 is 0 Å². The van der Waals surface area contributed by atoms with Crippen molar-refractivity contribution in [1.82, 2.24) is 10.0 Å². The number of ether oxygens (including phenoxy) is 3. The predicted octanol–water partition coefficient (Wildman–Crippen LogP) is 8.48. The van der Waals surface area contributed by atoms with Gasteiger partial charge in [-0.3, -0.25) is 14.4 Å². The average molecular weight is 625 g/mol. The largest absolute Gasteiger partial charge is 0.496 e. The molecular formula is C36H52N2O7. The third-order valence-corrected chi connectivity index (χ3v) is 7.48. The van der Waals surface area contributed by atoms with Crippen LogP contribution in [0.25, 0.3) is 0 Å². The lowest BCUT2D eigenvalue weighted by Gasteiger charge is -2.41. The highest BCUT2D eigenvalue weighted by Gasteiger charge is 2.41. The van der Waals surface area contributed by atoms with Gasteiger partial charge in [-0.25, -0.2) is 9.80 Å². The maximum atomic E-state index is 14.1. The number of unbranched alkanes of at least 4 members (excludes halogenated alkanes) is 8. The first-order valence-electron chi connectivity index (χ1n) is 16.0. The van der Waals surface area contributed by atoms with E-state index in [1.54, 1.807) is 58.0 Å². The van der Waals surface area contributed by atoms with Crippen LogP contribution in [-0.4, -0.2) is 53.3 Å². The minimum absolute atomic E-state index is 0.149. The summed E-state index contributed by atoms with van der Waals surface area (Å²) in [6.07, 6.45) is 9.12. The van der Waals surface area contributed by atoms with Crippen LogP contribution >= 0.6 is 0 Å². The summed E-state index contributed by atoms with van der Waals surface area (Å²) in [7, 11) is 1.48. The number of imide groups is 1. The Kier molecular flexibility index (Phi) is 15.1. The molecule has 0 atom stereocenters. The van der Waals surface area contributed by atoms with Crippen molar-refractivity contribution < 1.29 is 33.4 Å². The summed E-state index contributed by atoms with van der Waals surface area (Å²) < 4.78 is 15.9. The van der Waals surface area contributed by atoms with Gasteiger partial charge in [0.15, 0.2) is 0 Å². The van der Waals surface area contributed by atoms with Crippen molar-refractivity contribution in [3.63, 3.8) is 0 Å². The monoisotopic (exact) mass is 624 g/mol. The number of benzene rings is 2. The van der Waals surface area contributed by atoms with Gasteiger partial charge in [-0.1, -0.05) is 81.5 Å². The summed E-state index contributed by atoms with van der Waals surface area (Å²) in [6.45, 7) is 12.1. The second-order valence-corrected chi connectivity index (χ2v) is 12.5. The number of carbonyl (C=O) groups is 4. The standard InChI is InChI=1S/C36H52N2O7/c1-9-10-11-12-13-14-15-16-17-21-32(39)44-25-45-35(42)37(34(41)30-19-18-20-31(43-8)28(30)4)38(36(5,6)7)33(40)29-23-26(2)22-27(3)24-29/h18-20,22-24H,9-17,21,25H2,1-8H3. The van der Waals surface area contributed by atoms with Gasteiger partial charge in [0.1, 0.15) is 5.75 Å². The SMILES string of the molecule is CCCCCCCCCCCC(=O)OCOC(=O)N(C(=O)c1cccc(OC)c1C)N(C(=O)c1cc(C)cc(C)c1)C(C)(C)C. The van der Waals surface area contributed by atoms with E-state index in [0.717, 1.165) is 35.4 Å². The van der Waals surface area contributed by atoms with Crippen molar-refractivity contribution in [2.45, 2.75) is 118 Å². The lowest BCUT2D eigenvalue weighted by molar-refractivity contribution is -0.153.